The summed E-state index contributed by atoms with van der Waals surface area (Å²) < 4.78 is 10.7. The maximum Gasteiger partial charge on any atom is 0.338 e. The van der Waals surface area contributed by atoms with E-state index in [0.717, 1.165) is 15.3 Å². The molecule has 1 atom stereocenters. The van der Waals surface area contributed by atoms with Crippen LogP contribution in [0.25, 0.3) is 0 Å². The number of allylic oxidation sites excluding steroid dienone is 1. The standard InChI is InChI=1S/C19H19ClN2O4S/c1-10-16(18(23)25-3)17(22-19(24)21-10)15-8-12(11(2)27-15)9-26-14-6-4-13(20)5-7-14/h4-8,17H,9H2,1-3H3,(H2,21,22,24). The Morgan fingerprint density at radius 2 is 1.96 bits per heavy atom. The monoisotopic (exact) mass is 406 g/mol. The number of ether oxygens (including phenoxy) is 2. The second-order valence-electron chi connectivity index (χ2n) is 6.03. The van der Waals surface area contributed by atoms with Crippen LogP contribution >= 0.6 is 22.9 Å². The highest BCUT2D eigenvalue weighted by molar-refractivity contribution is 7.12. The fourth-order valence-electron chi connectivity index (χ4n) is 2.81. The van der Waals surface area contributed by atoms with Gasteiger partial charge in [-0.25, -0.2) is 9.59 Å². The van der Waals surface area contributed by atoms with Crippen LogP contribution in [-0.4, -0.2) is 19.1 Å². The van der Waals surface area contributed by atoms with Crippen molar-refractivity contribution < 1.29 is 19.1 Å². The molecule has 1 unspecified atom stereocenters. The number of amides is 2. The van der Waals surface area contributed by atoms with Crippen molar-refractivity contribution in [3.8, 4) is 5.75 Å². The molecule has 2 N–H and O–H groups in total. The van der Waals surface area contributed by atoms with Crippen LogP contribution in [0.2, 0.25) is 5.02 Å². The molecule has 0 saturated carbocycles. The van der Waals surface area contributed by atoms with Crippen molar-refractivity contribution in [1.82, 2.24) is 10.6 Å². The number of thiophene rings is 1. The number of methoxy groups -OCH3 is 1. The lowest BCUT2D eigenvalue weighted by Gasteiger charge is -2.26. The third-order valence-electron chi connectivity index (χ3n) is 4.21. The average Bonchev–Trinajstić information content (AvgIpc) is 3.01. The van der Waals surface area contributed by atoms with Gasteiger partial charge in [-0.1, -0.05) is 11.6 Å². The maximum atomic E-state index is 12.2. The molecular weight excluding hydrogens is 388 g/mol. The van der Waals surface area contributed by atoms with Crippen LogP contribution in [0.4, 0.5) is 4.79 Å². The molecule has 0 saturated heterocycles. The zero-order valence-electron chi connectivity index (χ0n) is 15.1. The van der Waals surface area contributed by atoms with Gasteiger partial charge in [-0.3, -0.25) is 0 Å². The van der Waals surface area contributed by atoms with E-state index in [2.05, 4.69) is 10.6 Å². The number of nitrogens with one attached hydrogen (secondary N) is 2. The highest BCUT2D eigenvalue weighted by Gasteiger charge is 2.33. The topological polar surface area (TPSA) is 76.7 Å². The zero-order valence-corrected chi connectivity index (χ0v) is 16.7. The Bertz CT molecular complexity index is 905. The minimum absolute atomic E-state index is 0.352. The molecule has 0 aliphatic carbocycles. The van der Waals surface area contributed by atoms with E-state index in [1.807, 2.05) is 13.0 Å². The van der Waals surface area contributed by atoms with E-state index in [1.165, 1.54) is 18.4 Å². The molecule has 27 heavy (non-hydrogen) atoms. The number of esters is 1. The molecule has 2 aromatic rings. The molecule has 0 fully saturated rings. The zero-order chi connectivity index (χ0) is 19.6. The number of urea groups is 1. The number of halogens is 1. The van der Waals surface area contributed by atoms with Crippen molar-refractivity contribution in [2.24, 2.45) is 0 Å². The van der Waals surface area contributed by atoms with Gasteiger partial charge in [0.2, 0.25) is 0 Å². The van der Waals surface area contributed by atoms with E-state index in [9.17, 15) is 9.59 Å². The molecule has 3 rings (SSSR count). The number of hydrogen-bond donors (Lipinski definition) is 2. The quantitative estimate of drug-likeness (QED) is 0.733. The van der Waals surface area contributed by atoms with Crippen LogP contribution in [0.3, 0.4) is 0 Å². The third-order valence-corrected chi connectivity index (χ3v) is 5.62. The van der Waals surface area contributed by atoms with Crippen LogP contribution in [-0.2, 0) is 16.1 Å². The first-order chi connectivity index (χ1) is 12.9. The highest BCUT2D eigenvalue weighted by atomic mass is 35.5. The van der Waals surface area contributed by atoms with Crippen molar-refractivity contribution in [1.29, 1.82) is 0 Å². The Kier molecular flexibility index (Phi) is 5.72. The van der Waals surface area contributed by atoms with Gasteiger partial charge in [0.25, 0.3) is 0 Å². The van der Waals surface area contributed by atoms with Crippen molar-refractivity contribution in [2.75, 3.05) is 7.11 Å². The summed E-state index contributed by atoms with van der Waals surface area (Å²) in [6, 6.07) is 8.18. The SMILES string of the molecule is COC(=O)C1=C(C)NC(=O)NC1c1cc(COc2ccc(Cl)cc2)c(C)s1. The summed E-state index contributed by atoms with van der Waals surface area (Å²) in [7, 11) is 1.32. The van der Waals surface area contributed by atoms with E-state index in [-0.39, 0.29) is 6.03 Å². The van der Waals surface area contributed by atoms with E-state index in [4.69, 9.17) is 21.1 Å². The number of hydrogen-bond acceptors (Lipinski definition) is 5. The molecule has 142 valence electrons. The van der Waals surface area contributed by atoms with Crippen molar-refractivity contribution in [2.45, 2.75) is 26.5 Å². The largest absolute Gasteiger partial charge is 0.489 e. The summed E-state index contributed by atoms with van der Waals surface area (Å²) in [5.41, 5.74) is 1.86. The summed E-state index contributed by atoms with van der Waals surface area (Å²) in [5, 5.41) is 6.06. The number of carbonyl (C=O) groups excluding carboxylic acids is 2. The van der Waals surface area contributed by atoms with Crippen LogP contribution in [0.1, 0.15) is 28.3 Å². The first-order valence-corrected chi connectivity index (χ1v) is 9.42. The molecule has 6 nitrogen and oxygen atoms in total. The Morgan fingerprint density at radius 1 is 1.26 bits per heavy atom. The molecule has 1 aliphatic heterocycles. The van der Waals surface area contributed by atoms with Gasteiger partial charge in [-0.15, -0.1) is 11.3 Å². The van der Waals surface area contributed by atoms with Gasteiger partial charge in [0.15, 0.2) is 0 Å². The Balaban J connectivity index is 1.83. The first kappa shape index (κ1) is 19.3. The van der Waals surface area contributed by atoms with Gasteiger partial charge in [0.1, 0.15) is 12.4 Å². The van der Waals surface area contributed by atoms with Crippen LogP contribution in [0, 0.1) is 6.92 Å². The Hall–Kier alpha value is -2.51. The third kappa shape index (κ3) is 4.26. The fourth-order valence-corrected chi connectivity index (χ4v) is 4.03. The highest BCUT2D eigenvalue weighted by Crippen LogP contribution is 2.34. The minimum atomic E-state index is -0.556. The van der Waals surface area contributed by atoms with E-state index in [1.54, 1.807) is 31.2 Å². The normalized spacial score (nSPS) is 16.6. The molecule has 0 radical (unpaired) electrons. The molecule has 8 heteroatoms. The molecule has 1 aromatic heterocycles. The second-order valence-corrected chi connectivity index (χ2v) is 7.76. The molecule has 1 aromatic carbocycles. The van der Waals surface area contributed by atoms with Crippen LogP contribution in [0.5, 0.6) is 5.75 Å². The van der Waals surface area contributed by atoms with Crippen molar-refractivity contribution in [3.63, 3.8) is 0 Å². The Labute approximate surface area is 166 Å². The summed E-state index contributed by atoms with van der Waals surface area (Å²) in [5.74, 6) is 0.239. The fraction of sp³-hybridized carbons (Fsp3) is 0.263. The predicted molar refractivity (Wildman–Crippen MR) is 104 cm³/mol. The average molecular weight is 407 g/mol. The molecule has 2 heterocycles. The van der Waals surface area contributed by atoms with E-state index in [0.29, 0.717) is 28.6 Å². The molecule has 2 amide bonds. The lowest BCUT2D eigenvalue weighted by Crippen LogP contribution is -2.45. The minimum Gasteiger partial charge on any atom is -0.489 e. The lowest BCUT2D eigenvalue weighted by molar-refractivity contribution is -0.136. The Morgan fingerprint density at radius 3 is 2.63 bits per heavy atom. The number of carbonyl (C=O) groups is 2. The summed E-state index contributed by atoms with van der Waals surface area (Å²) in [4.78, 5) is 26.0. The van der Waals surface area contributed by atoms with Crippen molar-refractivity contribution >= 4 is 34.9 Å². The van der Waals surface area contributed by atoms with Gasteiger partial charge in [0, 0.05) is 26.0 Å². The van der Waals surface area contributed by atoms with Gasteiger partial charge in [-0.2, -0.15) is 0 Å². The maximum absolute atomic E-state index is 12.2. The van der Waals surface area contributed by atoms with Crippen LogP contribution in [0.15, 0.2) is 41.6 Å². The summed E-state index contributed by atoms with van der Waals surface area (Å²) in [6.07, 6.45) is 0. The van der Waals surface area contributed by atoms with Gasteiger partial charge < -0.3 is 20.1 Å². The summed E-state index contributed by atoms with van der Waals surface area (Å²) in [6.45, 7) is 4.04. The van der Waals surface area contributed by atoms with Gasteiger partial charge in [-0.05, 0) is 44.2 Å². The van der Waals surface area contributed by atoms with E-state index >= 15 is 0 Å². The number of rotatable bonds is 5. The lowest BCUT2D eigenvalue weighted by atomic mass is 10.0. The smallest absolute Gasteiger partial charge is 0.338 e. The number of aryl methyl sites for hydroxylation is 1. The van der Waals surface area contributed by atoms with E-state index < -0.39 is 12.0 Å². The molecular formula is C19H19ClN2O4S. The van der Waals surface area contributed by atoms with Gasteiger partial charge >= 0.3 is 12.0 Å². The summed E-state index contributed by atoms with van der Waals surface area (Å²) >= 11 is 7.39. The predicted octanol–water partition coefficient (Wildman–Crippen LogP) is 4.09. The first-order valence-electron chi connectivity index (χ1n) is 8.23. The second kappa shape index (κ2) is 8.02. The number of benzene rings is 1. The van der Waals surface area contributed by atoms with Crippen molar-refractivity contribution in [3.05, 3.63) is 61.9 Å². The van der Waals surface area contributed by atoms with Gasteiger partial charge in [0.05, 0.1) is 18.7 Å². The van der Waals surface area contributed by atoms with Crippen LogP contribution < -0.4 is 15.4 Å². The molecule has 0 spiro atoms. The molecule has 1 aliphatic rings. The molecule has 0 bridgehead atoms.